The first-order valence-electron chi connectivity index (χ1n) is 9.92. The van der Waals surface area contributed by atoms with Crippen molar-refractivity contribution in [2.75, 3.05) is 12.3 Å². The first kappa shape index (κ1) is 22.0. The molecule has 146 valence electrons. The summed E-state index contributed by atoms with van der Waals surface area (Å²) >= 11 is 5.31. The molecule has 0 bridgehead atoms. The third kappa shape index (κ3) is 7.34. The van der Waals surface area contributed by atoms with Crippen molar-refractivity contribution < 1.29 is 0 Å². The minimum absolute atomic E-state index is 0.585. The molecule has 2 nitrogen and oxygen atoms in total. The smallest absolute Gasteiger partial charge is 0.129 e. The lowest BCUT2D eigenvalue weighted by molar-refractivity contribution is 0.530. The highest BCUT2D eigenvalue weighted by molar-refractivity contribution is 9.11. The van der Waals surface area contributed by atoms with E-state index in [0.29, 0.717) is 6.04 Å². The molecule has 1 heterocycles. The molecule has 1 N–H and O–H groups in total. The van der Waals surface area contributed by atoms with Gasteiger partial charge in [-0.05, 0) is 43.6 Å². The van der Waals surface area contributed by atoms with Crippen LogP contribution in [0.1, 0.15) is 52.0 Å². The van der Waals surface area contributed by atoms with Crippen LogP contribution in [0, 0.1) is 0 Å². The van der Waals surface area contributed by atoms with Crippen molar-refractivity contribution in [3.05, 3.63) is 64.2 Å². The predicted molar refractivity (Wildman–Crippen MR) is 125 cm³/mol. The highest BCUT2D eigenvalue weighted by atomic mass is 79.9. The fourth-order valence-corrected chi connectivity index (χ4v) is 4.09. The number of allylic oxidation sites excluding steroid dienone is 6. The molecular weight excluding hydrogens is 416 g/mol. The molecule has 0 saturated carbocycles. The Morgan fingerprint density at radius 3 is 2.74 bits per heavy atom. The molecule has 1 aromatic carbocycles. The molecule has 1 aromatic rings. The molecule has 0 saturated heterocycles. The second-order valence-corrected chi connectivity index (χ2v) is 8.76. The highest BCUT2D eigenvalue weighted by Gasteiger charge is 2.16. The van der Waals surface area contributed by atoms with Crippen molar-refractivity contribution in [1.29, 1.82) is 0 Å². The van der Waals surface area contributed by atoms with Gasteiger partial charge in [0.1, 0.15) is 5.84 Å². The molecule has 0 spiro atoms. The van der Waals surface area contributed by atoms with Gasteiger partial charge in [-0.3, -0.25) is 4.99 Å². The zero-order valence-corrected chi connectivity index (χ0v) is 19.1. The van der Waals surface area contributed by atoms with Crippen LogP contribution in [0.4, 0.5) is 0 Å². The summed E-state index contributed by atoms with van der Waals surface area (Å²) in [5.74, 6) is 2.18. The largest absolute Gasteiger partial charge is 0.367 e. The maximum atomic E-state index is 4.63. The summed E-state index contributed by atoms with van der Waals surface area (Å²) < 4.78 is 1.16. The number of aliphatic imine (C=N–C) groups is 1. The van der Waals surface area contributed by atoms with Crippen LogP contribution in [0.5, 0.6) is 0 Å². The third-order valence-electron chi connectivity index (χ3n) is 4.61. The molecule has 1 aliphatic heterocycles. The van der Waals surface area contributed by atoms with Crippen LogP contribution in [0.3, 0.4) is 0 Å². The van der Waals surface area contributed by atoms with E-state index in [-0.39, 0.29) is 0 Å². The highest BCUT2D eigenvalue weighted by Crippen LogP contribution is 2.23. The average Bonchev–Trinajstić information content (AvgIpc) is 2.93. The lowest BCUT2D eigenvalue weighted by atomic mass is 10.1. The van der Waals surface area contributed by atoms with Crippen LogP contribution in [-0.4, -0.2) is 24.2 Å². The standard InChI is InChI=1S/C14H20N2S.C9H11Br/c1-3-11-9-10-15-14(16-11)12-7-5-6-8-13(12)17-4-2;1-2-8-4-3-5-9(10)7-6-8/h5-8,11H,3-4,9-10H2,1-2H3,(H,15,16);3,5-7H,2,4H2,1H3. The maximum Gasteiger partial charge on any atom is 0.129 e. The van der Waals surface area contributed by atoms with Crippen LogP contribution in [0.2, 0.25) is 0 Å². The van der Waals surface area contributed by atoms with Crippen LogP contribution in [0.25, 0.3) is 0 Å². The number of hydrogen-bond acceptors (Lipinski definition) is 3. The fourth-order valence-electron chi connectivity index (χ4n) is 2.96. The van der Waals surface area contributed by atoms with E-state index in [4.69, 9.17) is 0 Å². The summed E-state index contributed by atoms with van der Waals surface area (Å²) in [7, 11) is 0. The van der Waals surface area contributed by atoms with Gasteiger partial charge in [-0.2, -0.15) is 0 Å². The molecule has 2 aliphatic rings. The summed E-state index contributed by atoms with van der Waals surface area (Å²) in [6.07, 6.45) is 13.1. The molecule has 4 heteroatoms. The number of thioether (sulfide) groups is 1. The summed E-state index contributed by atoms with van der Waals surface area (Å²) in [5, 5.41) is 3.55. The third-order valence-corrected chi connectivity index (χ3v) is 6.10. The van der Waals surface area contributed by atoms with Crippen molar-refractivity contribution in [3.8, 4) is 0 Å². The number of hydrogen-bond donors (Lipinski definition) is 1. The van der Waals surface area contributed by atoms with E-state index in [1.165, 1.54) is 22.5 Å². The second-order valence-electron chi connectivity index (χ2n) is 6.53. The number of rotatable bonds is 5. The van der Waals surface area contributed by atoms with Crippen molar-refractivity contribution in [1.82, 2.24) is 5.32 Å². The second kappa shape index (κ2) is 12.2. The Morgan fingerprint density at radius 2 is 2.00 bits per heavy atom. The quantitative estimate of drug-likeness (QED) is 0.498. The Morgan fingerprint density at radius 1 is 1.19 bits per heavy atom. The van der Waals surface area contributed by atoms with Gasteiger partial charge >= 0.3 is 0 Å². The molecule has 0 radical (unpaired) electrons. The molecule has 0 amide bonds. The van der Waals surface area contributed by atoms with Crippen LogP contribution >= 0.6 is 27.7 Å². The Kier molecular flexibility index (Phi) is 10.00. The zero-order valence-electron chi connectivity index (χ0n) is 16.7. The van der Waals surface area contributed by atoms with Gasteiger partial charge < -0.3 is 5.32 Å². The van der Waals surface area contributed by atoms with Gasteiger partial charge in [0.25, 0.3) is 0 Å². The van der Waals surface area contributed by atoms with Crippen molar-refractivity contribution in [3.63, 3.8) is 0 Å². The van der Waals surface area contributed by atoms with E-state index in [2.05, 4.69) is 95.6 Å². The number of nitrogens with one attached hydrogen (secondary N) is 1. The van der Waals surface area contributed by atoms with Gasteiger partial charge in [0.05, 0.1) is 0 Å². The van der Waals surface area contributed by atoms with E-state index >= 15 is 0 Å². The van der Waals surface area contributed by atoms with Gasteiger partial charge in [-0.1, -0.05) is 78.7 Å². The molecule has 27 heavy (non-hydrogen) atoms. The molecule has 1 unspecified atom stereocenters. The molecule has 1 atom stereocenters. The molecule has 0 aromatic heterocycles. The minimum Gasteiger partial charge on any atom is -0.367 e. The van der Waals surface area contributed by atoms with Crippen molar-refractivity contribution in [2.45, 2.75) is 57.4 Å². The average molecular weight is 447 g/mol. The van der Waals surface area contributed by atoms with Crippen molar-refractivity contribution >= 4 is 33.5 Å². The van der Waals surface area contributed by atoms with E-state index in [1.807, 2.05) is 11.8 Å². The molecular formula is C23H31BrN2S. The minimum atomic E-state index is 0.585. The van der Waals surface area contributed by atoms with Gasteiger partial charge in [0.15, 0.2) is 0 Å². The number of benzene rings is 1. The summed E-state index contributed by atoms with van der Waals surface area (Å²) in [5.41, 5.74) is 2.75. The van der Waals surface area contributed by atoms with Crippen molar-refractivity contribution in [2.24, 2.45) is 4.99 Å². The van der Waals surface area contributed by atoms with Gasteiger partial charge in [0, 0.05) is 27.5 Å². The Balaban J connectivity index is 0.000000223. The van der Waals surface area contributed by atoms with Crippen LogP contribution in [0.15, 0.2) is 68.5 Å². The zero-order chi connectivity index (χ0) is 19.5. The van der Waals surface area contributed by atoms with E-state index in [9.17, 15) is 0 Å². The van der Waals surface area contributed by atoms with Gasteiger partial charge in [-0.15, -0.1) is 11.8 Å². The van der Waals surface area contributed by atoms with E-state index < -0.39 is 0 Å². The van der Waals surface area contributed by atoms with Crippen LogP contribution in [-0.2, 0) is 0 Å². The number of nitrogens with zero attached hydrogens (tertiary/aromatic N) is 1. The maximum absolute atomic E-state index is 4.63. The summed E-state index contributed by atoms with van der Waals surface area (Å²) in [6, 6.07) is 9.13. The monoisotopic (exact) mass is 446 g/mol. The molecule has 0 fully saturated rings. The van der Waals surface area contributed by atoms with Crippen LogP contribution < -0.4 is 5.32 Å². The van der Waals surface area contributed by atoms with Gasteiger partial charge in [0.2, 0.25) is 0 Å². The number of halogens is 1. The predicted octanol–water partition coefficient (Wildman–Crippen LogP) is 6.88. The lowest BCUT2D eigenvalue weighted by Crippen LogP contribution is -2.39. The fraction of sp³-hybridized carbons (Fsp3) is 0.435. The first-order chi connectivity index (χ1) is 13.2. The summed E-state index contributed by atoms with van der Waals surface area (Å²) in [4.78, 5) is 5.96. The molecule has 1 aliphatic carbocycles. The Labute approximate surface area is 177 Å². The lowest BCUT2D eigenvalue weighted by Gasteiger charge is -2.24. The Bertz CT molecular complexity index is 719. The Hall–Kier alpha value is -1.26. The summed E-state index contributed by atoms with van der Waals surface area (Å²) in [6.45, 7) is 7.55. The molecule has 3 rings (SSSR count). The SMILES string of the molecule is CCC1=CC=C(Br)C=CC1.CCSc1ccccc1C1=NCCC(CC)N1. The van der Waals surface area contributed by atoms with E-state index in [0.717, 1.165) is 41.9 Å². The van der Waals surface area contributed by atoms with E-state index in [1.54, 1.807) is 0 Å². The normalized spacial score (nSPS) is 19.0. The first-order valence-corrected chi connectivity index (χ1v) is 11.7. The topological polar surface area (TPSA) is 24.4 Å². The number of amidine groups is 1. The van der Waals surface area contributed by atoms with Gasteiger partial charge in [-0.25, -0.2) is 0 Å².